The number of esters is 1. The Labute approximate surface area is 103 Å². The molecule has 2 nitrogen and oxygen atoms in total. The highest BCUT2D eigenvalue weighted by Crippen LogP contribution is 2.23. The molecular weight excluding hydrogens is 226 g/mol. The Balaban J connectivity index is 3.42. The van der Waals surface area contributed by atoms with Crippen molar-refractivity contribution in [2.45, 2.75) is 70.6 Å². The Morgan fingerprint density at radius 3 is 1.94 bits per heavy atom. The van der Waals surface area contributed by atoms with E-state index in [1.54, 1.807) is 0 Å². The van der Waals surface area contributed by atoms with Gasteiger partial charge in [0.1, 0.15) is 0 Å². The van der Waals surface area contributed by atoms with Crippen molar-refractivity contribution < 1.29 is 18.3 Å². The maximum atomic E-state index is 13.0. The van der Waals surface area contributed by atoms with Gasteiger partial charge in [-0.05, 0) is 6.42 Å². The van der Waals surface area contributed by atoms with Crippen molar-refractivity contribution in [2.75, 3.05) is 7.11 Å². The van der Waals surface area contributed by atoms with Crippen molar-refractivity contribution in [3.63, 3.8) is 0 Å². The van der Waals surface area contributed by atoms with Gasteiger partial charge in [-0.3, -0.25) is 0 Å². The molecule has 0 aromatic carbocycles. The lowest BCUT2D eigenvalue weighted by Gasteiger charge is -2.12. The van der Waals surface area contributed by atoms with Gasteiger partial charge in [0.2, 0.25) is 0 Å². The van der Waals surface area contributed by atoms with Gasteiger partial charge in [0.25, 0.3) is 0 Å². The monoisotopic (exact) mass is 250 g/mol. The van der Waals surface area contributed by atoms with Crippen molar-refractivity contribution in [1.82, 2.24) is 0 Å². The van der Waals surface area contributed by atoms with Crippen LogP contribution in [0.5, 0.6) is 0 Å². The van der Waals surface area contributed by atoms with Gasteiger partial charge < -0.3 is 4.74 Å². The average molecular weight is 250 g/mol. The Morgan fingerprint density at radius 2 is 1.47 bits per heavy atom. The molecule has 0 rings (SSSR count). The highest BCUT2D eigenvalue weighted by Gasteiger charge is 2.38. The van der Waals surface area contributed by atoms with E-state index in [1.807, 2.05) is 0 Å². The molecule has 4 heteroatoms. The normalized spacial score (nSPS) is 11.5. The van der Waals surface area contributed by atoms with Crippen molar-refractivity contribution in [3.8, 4) is 0 Å². The second-order valence-corrected chi connectivity index (χ2v) is 4.42. The number of methoxy groups -OCH3 is 1. The highest BCUT2D eigenvalue weighted by atomic mass is 19.3. The molecule has 0 saturated carbocycles. The van der Waals surface area contributed by atoms with E-state index in [1.165, 1.54) is 25.7 Å². The maximum Gasteiger partial charge on any atom is 0.376 e. The molecule has 0 spiro atoms. The summed E-state index contributed by atoms with van der Waals surface area (Å²) in [5.41, 5.74) is 0. The number of alkyl halides is 2. The molecule has 0 aliphatic heterocycles. The van der Waals surface area contributed by atoms with Crippen LogP contribution in [0.4, 0.5) is 8.78 Å². The molecule has 0 aromatic rings. The van der Waals surface area contributed by atoms with E-state index in [0.29, 0.717) is 6.42 Å². The van der Waals surface area contributed by atoms with Gasteiger partial charge in [0.05, 0.1) is 7.11 Å². The minimum Gasteiger partial charge on any atom is -0.465 e. The van der Waals surface area contributed by atoms with E-state index in [2.05, 4.69) is 11.7 Å². The van der Waals surface area contributed by atoms with E-state index in [-0.39, 0.29) is 0 Å². The topological polar surface area (TPSA) is 26.3 Å². The largest absolute Gasteiger partial charge is 0.465 e. The quantitative estimate of drug-likeness (QED) is 0.426. The summed E-state index contributed by atoms with van der Waals surface area (Å²) in [5.74, 6) is -4.72. The lowest BCUT2D eigenvalue weighted by molar-refractivity contribution is -0.169. The van der Waals surface area contributed by atoms with Gasteiger partial charge in [-0.15, -0.1) is 0 Å². The summed E-state index contributed by atoms with van der Waals surface area (Å²) in [6, 6.07) is 0. The molecule has 0 fully saturated rings. The molecule has 0 bridgehead atoms. The standard InChI is InChI=1S/C13H24F2O2/c1-3-4-5-6-7-8-9-10-11-13(14,15)12(16)17-2/h3-11H2,1-2H3. The van der Waals surface area contributed by atoms with Crippen LogP contribution in [0, 0.1) is 0 Å². The molecule has 0 unspecified atom stereocenters. The van der Waals surface area contributed by atoms with Crippen LogP contribution in [0.25, 0.3) is 0 Å². The van der Waals surface area contributed by atoms with Crippen LogP contribution in [0.3, 0.4) is 0 Å². The predicted molar refractivity (Wildman–Crippen MR) is 64.2 cm³/mol. The highest BCUT2D eigenvalue weighted by molar-refractivity contribution is 5.77. The van der Waals surface area contributed by atoms with Crippen LogP contribution < -0.4 is 0 Å². The molecular formula is C13H24F2O2. The first kappa shape index (κ1) is 16.3. The van der Waals surface area contributed by atoms with E-state index in [9.17, 15) is 13.6 Å². The third-order valence-corrected chi connectivity index (χ3v) is 2.83. The van der Waals surface area contributed by atoms with Crippen molar-refractivity contribution >= 4 is 5.97 Å². The number of rotatable bonds is 10. The van der Waals surface area contributed by atoms with Crippen LogP contribution in [0.15, 0.2) is 0 Å². The van der Waals surface area contributed by atoms with Crippen LogP contribution in [-0.4, -0.2) is 19.0 Å². The molecule has 102 valence electrons. The van der Waals surface area contributed by atoms with Crippen LogP contribution in [0.1, 0.15) is 64.7 Å². The van der Waals surface area contributed by atoms with Crippen LogP contribution >= 0.6 is 0 Å². The number of carbonyl (C=O) groups excluding carboxylic acids is 1. The van der Waals surface area contributed by atoms with Gasteiger partial charge in [0, 0.05) is 6.42 Å². The molecule has 0 radical (unpaired) electrons. The summed E-state index contributed by atoms with van der Waals surface area (Å²) in [6.45, 7) is 2.16. The zero-order chi connectivity index (χ0) is 13.1. The number of hydrogen-bond donors (Lipinski definition) is 0. The van der Waals surface area contributed by atoms with E-state index >= 15 is 0 Å². The first-order valence-electron chi connectivity index (χ1n) is 6.51. The van der Waals surface area contributed by atoms with Gasteiger partial charge in [-0.1, -0.05) is 51.9 Å². The summed E-state index contributed by atoms with van der Waals surface area (Å²) < 4.78 is 30.1. The zero-order valence-electron chi connectivity index (χ0n) is 10.9. The Morgan fingerprint density at radius 1 is 1.00 bits per heavy atom. The SMILES string of the molecule is CCCCCCCCCCC(F)(F)C(=O)OC. The summed E-state index contributed by atoms with van der Waals surface area (Å²) in [6.07, 6.45) is 7.70. The maximum absolute atomic E-state index is 13.0. The zero-order valence-corrected chi connectivity index (χ0v) is 10.9. The Kier molecular flexibility index (Phi) is 9.00. The third-order valence-electron chi connectivity index (χ3n) is 2.83. The Hall–Kier alpha value is -0.670. The van der Waals surface area contributed by atoms with E-state index < -0.39 is 18.3 Å². The van der Waals surface area contributed by atoms with Gasteiger partial charge >= 0.3 is 11.9 Å². The summed E-state index contributed by atoms with van der Waals surface area (Å²) in [5, 5.41) is 0. The molecule has 0 aliphatic rings. The molecule has 0 N–H and O–H groups in total. The molecule has 0 heterocycles. The molecule has 17 heavy (non-hydrogen) atoms. The van der Waals surface area contributed by atoms with Crippen LogP contribution in [-0.2, 0) is 9.53 Å². The lowest BCUT2D eigenvalue weighted by Crippen LogP contribution is -2.29. The minimum absolute atomic E-state index is 0.385. The van der Waals surface area contributed by atoms with E-state index in [0.717, 1.165) is 26.4 Å². The van der Waals surface area contributed by atoms with Crippen molar-refractivity contribution in [3.05, 3.63) is 0 Å². The first-order chi connectivity index (χ1) is 8.04. The second-order valence-electron chi connectivity index (χ2n) is 4.42. The van der Waals surface area contributed by atoms with Gasteiger partial charge in [-0.2, -0.15) is 8.78 Å². The fraction of sp³-hybridized carbons (Fsp3) is 0.923. The van der Waals surface area contributed by atoms with Crippen molar-refractivity contribution in [2.24, 2.45) is 0 Å². The van der Waals surface area contributed by atoms with Gasteiger partial charge in [0.15, 0.2) is 0 Å². The summed E-state index contributed by atoms with van der Waals surface area (Å²) >= 11 is 0. The third kappa shape index (κ3) is 8.11. The van der Waals surface area contributed by atoms with E-state index in [4.69, 9.17) is 0 Å². The lowest BCUT2D eigenvalue weighted by atomic mass is 10.1. The summed E-state index contributed by atoms with van der Waals surface area (Å²) in [4.78, 5) is 10.7. The predicted octanol–water partition coefficient (Wildman–Crippen LogP) is 4.33. The number of unbranched alkanes of at least 4 members (excludes halogenated alkanes) is 7. The molecule has 0 aromatic heterocycles. The van der Waals surface area contributed by atoms with Crippen molar-refractivity contribution in [1.29, 1.82) is 0 Å². The summed E-state index contributed by atoms with van der Waals surface area (Å²) in [7, 11) is 0.990. The van der Waals surface area contributed by atoms with Gasteiger partial charge in [-0.25, -0.2) is 4.79 Å². The number of carbonyl (C=O) groups is 1. The molecule has 0 saturated heterocycles. The fourth-order valence-corrected chi connectivity index (χ4v) is 1.73. The molecule has 0 atom stereocenters. The first-order valence-corrected chi connectivity index (χ1v) is 6.51. The number of hydrogen-bond acceptors (Lipinski definition) is 2. The number of halogens is 2. The number of ether oxygens (including phenoxy) is 1. The average Bonchev–Trinajstić information content (AvgIpc) is 2.31. The Bertz CT molecular complexity index is 206. The second kappa shape index (κ2) is 9.37. The fourth-order valence-electron chi connectivity index (χ4n) is 1.73. The molecule has 0 amide bonds. The molecule has 0 aliphatic carbocycles. The van der Waals surface area contributed by atoms with Crippen LogP contribution in [0.2, 0.25) is 0 Å². The smallest absolute Gasteiger partial charge is 0.376 e. The minimum atomic E-state index is -3.31.